The Morgan fingerprint density at radius 3 is 2.82 bits per heavy atom. The molecule has 3 heteroatoms. The third-order valence-corrected chi connectivity index (χ3v) is 4.53. The number of allylic oxidation sites excluding steroid dienone is 1. The van der Waals surface area contributed by atoms with Crippen LogP contribution in [0.2, 0.25) is 0 Å². The molecule has 0 unspecified atom stereocenters. The first-order chi connectivity index (χ1) is 10.6. The van der Waals surface area contributed by atoms with Crippen LogP contribution in [0.1, 0.15) is 23.1 Å². The maximum atomic E-state index is 13.6. The molecule has 0 saturated carbocycles. The fourth-order valence-electron chi connectivity index (χ4n) is 2.74. The zero-order valence-corrected chi connectivity index (χ0v) is 13.1. The Labute approximate surface area is 134 Å². The molecule has 0 aromatic heterocycles. The Balaban J connectivity index is 2.03. The van der Waals surface area contributed by atoms with Gasteiger partial charge in [0.2, 0.25) is 0 Å². The second-order valence-electron chi connectivity index (χ2n) is 5.15. The Bertz CT molecular complexity index is 802. The van der Waals surface area contributed by atoms with E-state index in [0.29, 0.717) is 11.3 Å². The van der Waals surface area contributed by atoms with Crippen molar-refractivity contribution in [1.82, 2.24) is 0 Å². The second kappa shape index (κ2) is 5.90. The molecule has 0 aliphatic heterocycles. The monoisotopic (exact) mass is 310 g/mol. The highest BCUT2D eigenvalue weighted by molar-refractivity contribution is 7.98. The van der Waals surface area contributed by atoms with Crippen molar-refractivity contribution in [2.45, 2.75) is 17.7 Å². The highest BCUT2D eigenvalue weighted by Crippen LogP contribution is 2.43. The first-order valence-electron chi connectivity index (χ1n) is 6.95. The predicted octanol–water partition coefficient (Wildman–Crippen LogP) is 5.28. The average Bonchev–Trinajstić information content (AvgIpc) is 2.90. The van der Waals surface area contributed by atoms with Crippen LogP contribution >= 0.6 is 11.8 Å². The van der Waals surface area contributed by atoms with Crippen molar-refractivity contribution in [3.63, 3.8) is 0 Å². The Kier molecular flexibility index (Phi) is 3.96. The summed E-state index contributed by atoms with van der Waals surface area (Å²) < 4.78 is 19.5. The summed E-state index contributed by atoms with van der Waals surface area (Å²) in [6.07, 6.45) is 9.22. The molecule has 2 aromatic rings. The van der Waals surface area contributed by atoms with Crippen LogP contribution in [0, 0.1) is 18.2 Å². The fourth-order valence-corrected chi connectivity index (χ4v) is 3.42. The van der Waals surface area contributed by atoms with Crippen LogP contribution in [0.25, 0.3) is 5.57 Å². The number of halogens is 1. The van der Waals surface area contributed by atoms with Crippen LogP contribution in [-0.2, 0) is 6.42 Å². The molecule has 0 fully saturated rings. The molecule has 0 saturated heterocycles. The summed E-state index contributed by atoms with van der Waals surface area (Å²) in [5.74, 6) is 3.21. The van der Waals surface area contributed by atoms with E-state index < -0.39 is 5.82 Å². The molecule has 0 spiro atoms. The lowest BCUT2D eigenvalue weighted by atomic mass is 10.1. The molecule has 0 amide bonds. The molecule has 3 rings (SSSR count). The minimum Gasteiger partial charge on any atom is -0.457 e. The van der Waals surface area contributed by atoms with E-state index in [1.165, 1.54) is 22.6 Å². The number of rotatable bonds is 3. The van der Waals surface area contributed by atoms with E-state index in [9.17, 15) is 4.39 Å². The second-order valence-corrected chi connectivity index (χ2v) is 5.99. The molecule has 0 heterocycles. The molecule has 0 atom stereocenters. The number of fused-ring (bicyclic) bond motifs is 1. The summed E-state index contributed by atoms with van der Waals surface area (Å²) in [6, 6.07) is 8.29. The van der Waals surface area contributed by atoms with Crippen molar-refractivity contribution < 1.29 is 9.13 Å². The molecule has 0 radical (unpaired) electrons. The zero-order valence-electron chi connectivity index (χ0n) is 12.3. The third-order valence-electron chi connectivity index (χ3n) is 3.75. The standard InChI is InChI=1S/C19H15FOS/c1-4-13-9-14(20)11-15(10-13)21-17-7-8-18(22-3)19-12(2)5-6-16(17)19/h1,7-11H,2,5-6H2,3H3. The first-order valence-corrected chi connectivity index (χ1v) is 8.18. The molecule has 1 aliphatic carbocycles. The van der Waals surface area contributed by atoms with Crippen LogP contribution in [0.15, 0.2) is 41.8 Å². The lowest BCUT2D eigenvalue weighted by Crippen LogP contribution is -1.94. The number of thioether (sulfide) groups is 1. The molecular formula is C19H15FOS. The summed E-state index contributed by atoms with van der Waals surface area (Å²) >= 11 is 1.70. The van der Waals surface area contributed by atoms with Crippen molar-refractivity contribution in [2.24, 2.45) is 0 Å². The van der Waals surface area contributed by atoms with Crippen LogP contribution in [-0.4, -0.2) is 6.26 Å². The number of ether oxygens (including phenoxy) is 1. The lowest BCUT2D eigenvalue weighted by Gasteiger charge is -2.13. The minimum atomic E-state index is -0.396. The molecular weight excluding hydrogens is 295 g/mol. The van der Waals surface area contributed by atoms with E-state index in [2.05, 4.69) is 12.5 Å². The maximum absolute atomic E-state index is 13.6. The van der Waals surface area contributed by atoms with Gasteiger partial charge in [-0.1, -0.05) is 12.5 Å². The molecule has 0 N–H and O–H groups in total. The van der Waals surface area contributed by atoms with Crippen molar-refractivity contribution in [1.29, 1.82) is 0 Å². The van der Waals surface area contributed by atoms with E-state index in [4.69, 9.17) is 11.2 Å². The summed E-state index contributed by atoms with van der Waals surface area (Å²) in [4.78, 5) is 1.20. The van der Waals surface area contributed by atoms with Gasteiger partial charge in [0.1, 0.15) is 17.3 Å². The molecule has 22 heavy (non-hydrogen) atoms. The SMILES string of the molecule is C#Cc1cc(F)cc(Oc2ccc(SC)c3c2CCC3=C)c1. The van der Waals surface area contributed by atoms with Gasteiger partial charge in [0.05, 0.1) is 0 Å². The van der Waals surface area contributed by atoms with Crippen LogP contribution in [0.4, 0.5) is 4.39 Å². The van der Waals surface area contributed by atoms with Gasteiger partial charge in [-0.3, -0.25) is 0 Å². The van der Waals surface area contributed by atoms with Gasteiger partial charge in [0, 0.05) is 22.1 Å². The fraction of sp³-hybridized carbons (Fsp3) is 0.158. The van der Waals surface area contributed by atoms with Crippen molar-refractivity contribution in [3.05, 3.63) is 59.4 Å². The molecule has 0 bridgehead atoms. The summed E-state index contributed by atoms with van der Waals surface area (Å²) in [5.41, 5.74) is 3.92. The van der Waals surface area contributed by atoms with Crippen LogP contribution in [0.3, 0.4) is 0 Å². The van der Waals surface area contributed by atoms with E-state index in [1.54, 1.807) is 17.8 Å². The largest absolute Gasteiger partial charge is 0.457 e. The number of hydrogen-bond donors (Lipinski definition) is 0. The van der Waals surface area contributed by atoms with Gasteiger partial charge in [0.25, 0.3) is 0 Å². The van der Waals surface area contributed by atoms with E-state index in [1.807, 2.05) is 18.4 Å². The van der Waals surface area contributed by atoms with Gasteiger partial charge in [-0.2, -0.15) is 0 Å². The maximum Gasteiger partial charge on any atom is 0.131 e. The van der Waals surface area contributed by atoms with Gasteiger partial charge < -0.3 is 4.74 Å². The normalized spacial score (nSPS) is 12.9. The quantitative estimate of drug-likeness (QED) is 0.563. The van der Waals surface area contributed by atoms with Crippen molar-refractivity contribution >= 4 is 17.3 Å². The van der Waals surface area contributed by atoms with E-state index in [0.717, 1.165) is 29.7 Å². The average molecular weight is 310 g/mol. The lowest BCUT2D eigenvalue weighted by molar-refractivity contribution is 0.471. The topological polar surface area (TPSA) is 9.23 Å². The summed E-state index contributed by atoms with van der Waals surface area (Å²) in [6.45, 7) is 4.14. The van der Waals surface area contributed by atoms with Crippen molar-refractivity contribution in [2.75, 3.05) is 6.26 Å². The molecule has 1 nitrogen and oxygen atoms in total. The van der Waals surface area contributed by atoms with Gasteiger partial charge >= 0.3 is 0 Å². The minimum absolute atomic E-state index is 0.396. The number of terminal acetylenes is 1. The molecule has 1 aliphatic rings. The number of benzene rings is 2. The van der Waals surface area contributed by atoms with Crippen molar-refractivity contribution in [3.8, 4) is 23.8 Å². The van der Waals surface area contributed by atoms with Gasteiger partial charge in [0.15, 0.2) is 0 Å². The summed E-state index contributed by atoms with van der Waals surface area (Å²) in [7, 11) is 0. The third kappa shape index (κ3) is 2.63. The Morgan fingerprint density at radius 1 is 1.27 bits per heavy atom. The highest BCUT2D eigenvalue weighted by Gasteiger charge is 2.22. The van der Waals surface area contributed by atoms with Gasteiger partial charge in [-0.05, 0) is 54.5 Å². The van der Waals surface area contributed by atoms with E-state index >= 15 is 0 Å². The van der Waals surface area contributed by atoms with Crippen LogP contribution < -0.4 is 4.74 Å². The smallest absolute Gasteiger partial charge is 0.131 e. The summed E-state index contributed by atoms with van der Waals surface area (Å²) in [5, 5.41) is 0. The highest BCUT2D eigenvalue weighted by atomic mass is 32.2. The van der Waals surface area contributed by atoms with Gasteiger partial charge in [-0.15, -0.1) is 18.2 Å². The molecule has 2 aromatic carbocycles. The van der Waals surface area contributed by atoms with Crippen LogP contribution in [0.5, 0.6) is 11.5 Å². The predicted molar refractivity (Wildman–Crippen MR) is 90.0 cm³/mol. The van der Waals surface area contributed by atoms with E-state index in [-0.39, 0.29) is 0 Å². The first kappa shape index (κ1) is 14.7. The number of hydrogen-bond acceptors (Lipinski definition) is 2. The Morgan fingerprint density at radius 2 is 2.09 bits per heavy atom. The van der Waals surface area contributed by atoms with Gasteiger partial charge in [-0.25, -0.2) is 4.39 Å². The Hall–Kier alpha value is -2.18. The molecule has 110 valence electrons. The zero-order chi connectivity index (χ0) is 15.7.